The first-order valence-electron chi connectivity index (χ1n) is 5.39. The third-order valence-electron chi connectivity index (χ3n) is 2.39. The van der Waals surface area contributed by atoms with Crippen molar-refractivity contribution < 1.29 is 8.42 Å². The van der Waals surface area contributed by atoms with Gasteiger partial charge in [-0.1, -0.05) is 37.3 Å². The van der Waals surface area contributed by atoms with Crippen molar-refractivity contribution in [2.75, 3.05) is 5.75 Å². The minimum absolute atomic E-state index is 0.0109. The Balaban J connectivity index is 2.69. The molecule has 5 heteroatoms. The molecular weight excluding hydrogens is 236 g/mol. The fraction of sp³-hybridized carbons (Fsp3) is 0.417. The van der Waals surface area contributed by atoms with Crippen LogP contribution in [0.5, 0.6) is 0 Å². The fourth-order valence-electron chi connectivity index (χ4n) is 1.55. The van der Waals surface area contributed by atoms with Crippen molar-refractivity contribution in [3.05, 3.63) is 35.9 Å². The van der Waals surface area contributed by atoms with Crippen molar-refractivity contribution in [2.45, 2.75) is 25.8 Å². The highest BCUT2D eigenvalue weighted by Crippen LogP contribution is 2.16. The van der Waals surface area contributed by atoms with E-state index >= 15 is 0 Å². The Morgan fingerprint density at radius 3 is 2.41 bits per heavy atom. The molecule has 2 unspecified atom stereocenters. The zero-order chi connectivity index (χ0) is 12.9. The predicted octanol–water partition coefficient (Wildman–Crippen LogP) is 1.62. The second-order valence-electron chi connectivity index (χ2n) is 4.06. The number of benzene rings is 1. The van der Waals surface area contributed by atoms with Crippen LogP contribution in [0.15, 0.2) is 30.3 Å². The van der Waals surface area contributed by atoms with Crippen LogP contribution in [0.25, 0.3) is 0 Å². The number of hydrogen-bond donors (Lipinski definition) is 1. The van der Waals surface area contributed by atoms with Crippen molar-refractivity contribution in [3.8, 4) is 6.07 Å². The molecule has 0 fully saturated rings. The van der Waals surface area contributed by atoms with Gasteiger partial charge >= 0.3 is 0 Å². The quantitative estimate of drug-likeness (QED) is 0.865. The highest BCUT2D eigenvalue weighted by atomic mass is 32.2. The van der Waals surface area contributed by atoms with E-state index in [9.17, 15) is 8.42 Å². The largest absolute Gasteiger partial charge is 0.213 e. The lowest BCUT2D eigenvalue weighted by atomic mass is 10.0. The molecule has 1 rings (SSSR count). The molecule has 1 aromatic rings. The average Bonchev–Trinajstić information content (AvgIpc) is 2.28. The van der Waals surface area contributed by atoms with E-state index in [4.69, 9.17) is 5.26 Å². The molecule has 0 heterocycles. The van der Waals surface area contributed by atoms with Gasteiger partial charge in [0, 0.05) is 0 Å². The first kappa shape index (κ1) is 13.7. The number of nitriles is 1. The van der Waals surface area contributed by atoms with E-state index in [1.54, 1.807) is 0 Å². The third-order valence-corrected chi connectivity index (χ3v) is 4.04. The summed E-state index contributed by atoms with van der Waals surface area (Å²) < 4.78 is 25.8. The van der Waals surface area contributed by atoms with Crippen LogP contribution in [0, 0.1) is 11.3 Å². The molecule has 0 saturated heterocycles. The molecule has 1 aromatic carbocycles. The van der Waals surface area contributed by atoms with Crippen LogP contribution in [0.2, 0.25) is 0 Å². The summed E-state index contributed by atoms with van der Waals surface area (Å²) in [6, 6.07) is 10.6. The van der Waals surface area contributed by atoms with Crippen LogP contribution >= 0.6 is 0 Å². The molecule has 4 nitrogen and oxygen atoms in total. The van der Waals surface area contributed by atoms with Gasteiger partial charge in [-0.2, -0.15) is 9.98 Å². The van der Waals surface area contributed by atoms with Crippen LogP contribution in [0.4, 0.5) is 0 Å². The molecule has 0 bridgehead atoms. The maximum Gasteiger partial charge on any atom is 0.213 e. The molecule has 17 heavy (non-hydrogen) atoms. The van der Waals surface area contributed by atoms with Gasteiger partial charge in [0.2, 0.25) is 10.0 Å². The number of hydrogen-bond acceptors (Lipinski definition) is 3. The summed E-state index contributed by atoms with van der Waals surface area (Å²) in [6.07, 6.45) is 0. The highest BCUT2D eigenvalue weighted by Gasteiger charge is 2.18. The van der Waals surface area contributed by atoms with Crippen LogP contribution in [-0.4, -0.2) is 20.2 Å². The number of rotatable bonds is 5. The van der Waals surface area contributed by atoms with Gasteiger partial charge in [-0.25, -0.2) is 8.42 Å². The molecule has 0 aromatic heterocycles. The van der Waals surface area contributed by atoms with E-state index in [0.29, 0.717) is 0 Å². The molecule has 0 radical (unpaired) electrons. The Hall–Kier alpha value is -1.38. The zero-order valence-electron chi connectivity index (χ0n) is 9.92. The van der Waals surface area contributed by atoms with Gasteiger partial charge in [0.05, 0.1) is 11.8 Å². The normalized spacial score (nSPS) is 14.9. The Kier molecular flexibility index (Phi) is 4.67. The van der Waals surface area contributed by atoms with Crippen molar-refractivity contribution >= 4 is 10.0 Å². The van der Waals surface area contributed by atoms with Crippen molar-refractivity contribution in [2.24, 2.45) is 0 Å². The summed E-state index contributed by atoms with van der Waals surface area (Å²) in [4.78, 5) is 0. The smallest absolute Gasteiger partial charge is 0.212 e. The van der Waals surface area contributed by atoms with E-state index < -0.39 is 16.1 Å². The number of sulfonamides is 1. The maximum absolute atomic E-state index is 11.7. The Bertz CT molecular complexity index is 491. The molecule has 0 aliphatic heterocycles. The summed E-state index contributed by atoms with van der Waals surface area (Å²) >= 11 is 0. The van der Waals surface area contributed by atoms with E-state index in [1.807, 2.05) is 43.3 Å². The van der Waals surface area contributed by atoms with Gasteiger partial charge in [-0.15, -0.1) is 0 Å². The number of nitrogens with zero attached hydrogens (tertiary/aromatic N) is 1. The van der Waals surface area contributed by atoms with Gasteiger partial charge < -0.3 is 0 Å². The minimum Gasteiger partial charge on any atom is -0.212 e. The topological polar surface area (TPSA) is 70.0 Å². The third kappa shape index (κ3) is 4.55. The van der Waals surface area contributed by atoms with Gasteiger partial charge in [0.1, 0.15) is 6.04 Å². The summed E-state index contributed by atoms with van der Waals surface area (Å²) in [5, 5.41) is 8.57. The summed E-state index contributed by atoms with van der Waals surface area (Å²) in [5.41, 5.74) is 0.975. The van der Waals surface area contributed by atoms with Crippen molar-refractivity contribution in [3.63, 3.8) is 0 Å². The van der Waals surface area contributed by atoms with E-state index in [-0.39, 0.29) is 11.7 Å². The average molecular weight is 252 g/mol. The Morgan fingerprint density at radius 2 is 1.88 bits per heavy atom. The van der Waals surface area contributed by atoms with Crippen LogP contribution in [-0.2, 0) is 10.0 Å². The molecular formula is C12H16N2O2S. The van der Waals surface area contributed by atoms with E-state index in [0.717, 1.165) is 5.56 Å². The summed E-state index contributed by atoms with van der Waals surface area (Å²) in [7, 11) is -3.41. The maximum atomic E-state index is 11.7. The highest BCUT2D eigenvalue weighted by molar-refractivity contribution is 7.89. The Labute approximate surface area is 102 Å². The second-order valence-corrected chi connectivity index (χ2v) is 5.86. The van der Waals surface area contributed by atoms with Crippen molar-refractivity contribution in [1.29, 1.82) is 5.26 Å². The molecule has 2 atom stereocenters. The lowest BCUT2D eigenvalue weighted by Gasteiger charge is -2.13. The first-order valence-corrected chi connectivity index (χ1v) is 7.04. The van der Waals surface area contributed by atoms with Gasteiger partial charge in [0.25, 0.3) is 0 Å². The zero-order valence-corrected chi connectivity index (χ0v) is 10.7. The van der Waals surface area contributed by atoms with Crippen molar-refractivity contribution in [1.82, 2.24) is 4.72 Å². The lowest BCUT2D eigenvalue weighted by Crippen LogP contribution is -2.34. The van der Waals surface area contributed by atoms with Crippen LogP contribution < -0.4 is 4.72 Å². The molecule has 0 amide bonds. The fourth-order valence-corrected chi connectivity index (χ4v) is 3.09. The van der Waals surface area contributed by atoms with Gasteiger partial charge in [-0.3, -0.25) is 0 Å². The molecule has 1 N–H and O–H groups in total. The SMILES string of the molecule is CC(C#N)NS(=O)(=O)CC(C)c1ccccc1. The number of nitrogens with one attached hydrogen (secondary N) is 1. The molecule has 92 valence electrons. The monoisotopic (exact) mass is 252 g/mol. The second kappa shape index (κ2) is 5.80. The minimum atomic E-state index is -3.41. The molecule has 0 aliphatic rings. The van der Waals surface area contributed by atoms with Gasteiger partial charge in [0.15, 0.2) is 0 Å². The summed E-state index contributed by atoms with van der Waals surface area (Å²) in [5.74, 6) is -0.108. The molecule has 0 aliphatic carbocycles. The molecule has 0 saturated carbocycles. The standard InChI is InChI=1S/C12H16N2O2S/c1-10(12-6-4-3-5-7-12)9-17(15,16)14-11(2)8-13/h3-7,10-11,14H,9H2,1-2H3. The summed E-state index contributed by atoms with van der Waals surface area (Å²) in [6.45, 7) is 3.37. The van der Waals surface area contributed by atoms with Gasteiger partial charge in [-0.05, 0) is 18.4 Å². The van der Waals surface area contributed by atoms with Crippen LogP contribution in [0.1, 0.15) is 25.3 Å². The first-order chi connectivity index (χ1) is 7.94. The van der Waals surface area contributed by atoms with E-state index in [2.05, 4.69) is 4.72 Å². The molecule has 0 spiro atoms. The predicted molar refractivity (Wildman–Crippen MR) is 66.9 cm³/mol. The van der Waals surface area contributed by atoms with Crippen LogP contribution in [0.3, 0.4) is 0 Å². The Morgan fingerprint density at radius 1 is 1.29 bits per heavy atom. The lowest BCUT2D eigenvalue weighted by molar-refractivity contribution is 0.571. The van der Waals surface area contributed by atoms with E-state index in [1.165, 1.54) is 6.92 Å².